The van der Waals surface area contributed by atoms with Gasteiger partial charge in [0.25, 0.3) is 5.22 Å². The first-order valence-electron chi connectivity index (χ1n) is 10.5. The summed E-state index contributed by atoms with van der Waals surface area (Å²) >= 11 is 1.12. The molecule has 2 aromatic heterocycles. The summed E-state index contributed by atoms with van der Waals surface area (Å²) in [6, 6.07) is 3.39. The number of rotatable bonds is 10. The van der Waals surface area contributed by atoms with Gasteiger partial charge < -0.3 is 28.3 Å². The maximum absolute atomic E-state index is 13.1. The molecular weight excluding hydrogens is 462 g/mol. The molecule has 0 saturated heterocycles. The molecule has 11 heteroatoms. The Hall–Kier alpha value is -3.47. The van der Waals surface area contributed by atoms with Crippen molar-refractivity contribution in [3.63, 3.8) is 0 Å². The molecule has 0 spiro atoms. The van der Waals surface area contributed by atoms with E-state index >= 15 is 0 Å². The van der Waals surface area contributed by atoms with Crippen LogP contribution in [0.3, 0.4) is 0 Å². The first-order valence-corrected chi connectivity index (χ1v) is 11.3. The van der Waals surface area contributed by atoms with Crippen molar-refractivity contribution in [3.05, 3.63) is 34.6 Å². The van der Waals surface area contributed by atoms with Gasteiger partial charge in [-0.25, -0.2) is 4.79 Å². The number of ether oxygens (including phenoxy) is 4. The molecule has 0 amide bonds. The van der Waals surface area contributed by atoms with E-state index < -0.39 is 11.2 Å². The van der Waals surface area contributed by atoms with Crippen molar-refractivity contribution in [2.24, 2.45) is 0 Å². The zero-order valence-electron chi connectivity index (χ0n) is 20.1. The van der Waals surface area contributed by atoms with E-state index in [0.717, 1.165) is 11.8 Å². The standard InChI is InChI=1S/C23H27N3O7S/c1-8-32-22(28)17-11(2)18(24-12(17)3)19(27)13(4)34-23-26-25-21(33-23)14-9-15(29-5)20(31-7)16(10-14)30-6/h9-10,13,24H,8H2,1-7H3. The predicted molar refractivity (Wildman–Crippen MR) is 125 cm³/mol. The van der Waals surface area contributed by atoms with Gasteiger partial charge in [0.1, 0.15) is 0 Å². The summed E-state index contributed by atoms with van der Waals surface area (Å²) in [4.78, 5) is 28.3. The molecule has 0 aliphatic heterocycles. The number of carbonyl (C=O) groups excluding carboxylic acids is 2. The molecule has 182 valence electrons. The maximum atomic E-state index is 13.1. The number of ketones is 1. The first-order chi connectivity index (χ1) is 16.2. The minimum absolute atomic E-state index is 0.200. The highest BCUT2D eigenvalue weighted by Gasteiger charge is 2.27. The number of Topliss-reactive ketones (excluding diaryl/α,β-unsaturated/α-hetero) is 1. The summed E-state index contributed by atoms with van der Waals surface area (Å²) in [7, 11) is 4.55. The Morgan fingerprint density at radius 3 is 2.29 bits per heavy atom. The SMILES string of the molecule is CCOC(=O)c1c(C)[nH]c(C(=O)C(C)Sc2nnc(-c3cc(OC)c(OC)c(OC)c3)o2)c1C. The molecule has 1 aromatic carbocycles. The molecular formula is C23H27N3O7S. The summed E-state index contributed by atoms with van der Waals surface area (Å²) in [6.45, 7) is 7.17. The monoisotopic (exact) mass is 489 g/mol. The fourth-order valence-corrected chi connectivity index (χ4v) is 4.23. The van der Waals surface area contributed by atoms with Crippen LogP contribution in [0.15, 0.2) is 21.8 Å². The second-order valence-corrected chi connectivity index (χ2v) is 8.55. The minimum atomic E-state index is -0.556. The van der Waals surface area contributed by atoms with Gasteiger partial charge in [-0.2, -0.15) is 0 Å². The molecule has 0 radical (unpaired) electrons. The first kappa shape index (κ1) is 25.2. The van der Waals surface area contributed by atoms with Gasteiger partial charge in [0.2, 0.25) is 11.6 Å². The second kappa shape index (κ2) is 10.6. The van der Waals surface area contributed by atoms with Crippen LogP contribution in [0.1, 0.15) is 46.0 Å². The van der Waals surface area contributed by atoms with Crippen LogP contribution in [0.25, 0.3) is 11.5 Å². The average molecular weight is 490 g/mol. The van der Waals surface area contributed by atoms with Gasteiger partial charge in [-0.3, -0.25) is 4.79 Å². The number of hydrogen-bond donors (Lipinski definition) is 1. The molecule has 3 aromatic rings. The highest BCUT2D eigenvalue weighted by atomic mass is 32.2. The number of aromatic amines is 1. The van der Waals surface area contributed by atoms with Crippen LogP contribution >= 0.6 is 11.8 Å². The normalized spacial score (nSPS) is 11.7. The molecule has 3 rings (SSSR count). The Kier molecular flexibility index (Phi) is 7.87. The number of carbonyl (C=O) groups is 2. The molecule has 1 unspecified atom stereocenters. The van der Waals surface area contributed by atoms with Gasteiger partial charge in [-0.1, -0.05) is 11.8 Å². The number of nitrogens with zero attached hydrogens (tertiary/aromatic N) is 2. The number of hydrogen-bond acceptors (Lipinski definition) is 10. The van der Waals surface area contributed by atoms with Crippen molar-refractivity contribution in [1.29, 1.82) is 0 Å². The minimum Gasteiger partial charge on any atom is -0.493 e. The summed E-state index contributed by atoms with van der Waals surface area (Å²) in [5.41, 5.74) is 2.44. The van der Waals surface area contributed by atoms with Crippen LogP contribution in [-0.4, -0.2) is 60.1 Å². The van der Waals surface area contributed by atoms with Crippen LogP contribution in [0.4, 0.5) is 0 Å². The lowest BCUT2D eigenvalue weighted by Crippen LogP contribution is -2.15. The smallest absolute Gasteiger partial charge is 0.340 e. The Labute approximate surface area is 201 Å². The number of thioether (sulfide) groups is 1. The summed E-state index contributed by atoms with van der Waals surface area (Å²) in [6.07, 6.45) is 0. The Morgan fingerprint density at radius 2 is 1.74 bits per heavy atom. The predicted octanol–water partition coefficient (Wildman–Crippen LogP) is 4.25. The number of benzene rings is 1. The molecule has 2 heterocycles. The number of aryl methyl sites for hydroxylation is 1. The molecule has 0 aliphatic carbocycles. The van der Waals surface area contributed by atoms with Crippen LogP contribution in [0, 0.1) is 13.8 Å². The van der Waals surface area contributed by atoms with Gasteiger partial charge in [-0.15, -0.1) is 10.2 Å². The van der Waals surface area contributed by atoms with Crippen LogP contribution in [0.2, 0.25) is 0 Å². The molecule has 0 fully saturated rings. The quantitative estimate of drug-likeness (QED) is 0.251. The zero-order chi connectivity index (χ0) is 25.0. The highest BCUT2D eigenvalue weighted by Crippen LogP contribution is 2.41. The van der Waals surface area contributed by atoms with Crippen molar-refractivity contribution < 1.29 is 33.0 Å². The van der Waals surface area contributed by atoms with E-state index in [0.29, 0.717) is 45.3 Å². The molecule has 0 aliphatic rings. The van der Waals surface area contributed by atoms with E-state index in [1.807, 2.05) is 0 Å². The lowest BCUT2D eigenvalue weighted by Gasteiger charge is -2.12. The fourth-order valence-electron chi connectivity index (χ4n) is 3.49. The van der Waals surface area contributed by atoms with E-state index in [9.17, 15) is 9.59 Å². The molecule has 1 atom stereocenters. The fraction of sp³-hybridized carbons (Fsp3) is 0.391. The number of H-pyrrole nitrogens is 1. The Bertz CT molecular complexity index is 1180. The third-order valence-corrected chi connectivity index (χ3v) is 6.06. The third kappa shape index (κ3) is 4.89. The number of esters is 1. The number of aromatic nitrogens is 3. The van der Waals surface area contributed by atoms with Gasteiger partial charge in [-0.05, 0) is 45.4 Å². The van der Waals surface area contributed by atoms with Gasteiger partial charge >= 0.3 is 5.97 Å². The van der Waals surface area contributed by atoms with Gasteiger partial charge in [0, 0.05) is 11.3 Å². The molecule has 34 heavy (non-hydrogen) atoms. The van der Waals surface area contributed by atoms with E-state index in [2.05, 4.69) is 15.2 Å². The topological polar surface area (TPSA) is 126 Å². The summed E-state index contributed by atoms with van der Waals surface area (Å²) in [5.74, 6) is 0.915. The van der Waals surface area contributed by atoms with Gasteiger partial charge in [0.15, 0.2) is 17.3 Å². The van der Waals surface area contributed by atoms with Crippen molar-refractivity contribution >= 4 is 23.5 Å². The number of nitrogens with one attached hydrogen (secondary N) is 1. The largest absolute Gasteiger partial charge is 0.493 e. The molecule has 0 saturated carbocycles. The van der Waals surface area contributed by atoms with E-state index in [4.69, 9.17) is 23.4 Å². The highest BCUT2D eigenvalue weighted by molar-refractivity contribution is 8.00. The lowest BCUT2D eigenvalue weighted by molar-refractivity contribution is 0.0525. The average Bonchev–Trinajstić information content (AvgIpc) is 3.41. The van der Waals surface area contributed by atoms with E-state index in [1.54, 1.807) is 39.8 Å². The number of methoxy groups -OCH3 is 3. The maximum Gasteiger partial charge on any atom is 0.340 e. The molecule has 0 bridgehead atoms. The third-order valence-electron chi connectivity index (χ3n) is 5.13. The summed E-state index contributed by atoms with van der Waals surface area (Å²) < 4.78 is 26.9. The van der Waals surface area contributed by atoms with Crippen molar-refractivity contribution in [3.8, 4) is 28.7 Å². The Balaban J connectivity index is 1.81. The van der Waals surface area contributed by atoms with Crippen LogP contribution in [0.5, 0.6) is 17.2 Å². The second-order valence-electron chi connectivity index (χ2n) is 7.26. The van der Waals surface area contributed by atoms with Crippen molar-refractivity contribution in [2.45, 2.75) is 38.2 Å². The molecule has 1 N–H and O–H groups in total. The summed E-state index contributed by atoms with van der Waals surface area (Å²) in [5, 5.41) is 7.81. The molecule has 10 nitrogen and oxygen atoms in total. The lowest BCUT2D eigenvalue weighted by atomic mass is 10.1. The zero-order valence-corrected chi connectivity index (χ0v) is 20.9. The van der Waals surface area contributed by atoms with Crippen molar-refractivity contribution in [2.75, 3.05) is 27.9 Å². The van der Waals surface area contributed by atoms with E-state index in [-0.39, 0.29) is 23.5 Å². The van der Waals surface area contributed by atoms with Crippen LogP contribution in [-0.2, 0) is 4.74 Å². The van der Waals surface area contributed by atoms with E-state index in [1.165, 1.54) is 21.3 Å². The van der Waals surface area contributed by atoms with Gasteiger partial charge in [0.05, 0.1) is 44.4 Å². The van der Waals surface area contributed by atoms with Crippen molar-refractivity contribution in [1.82, 2.24) is 15.2 Å². The van der Waals surface area contributed by atoms with Crippen LogP contribution < -0.4 is 14.2 Å². The Morgan fingerprint density at radius 1 is 1.09 bits per heavy atom.